The molecule has 5 nitrogen and oxygen atoms in total. The Morgan fingerprint density at radius 2 is 2.39 bits per heavy atom. The zero-order valence-corrected chi connectivity index (χ0v) is 10.4. The standard InChI is InChI=1S/C12H17FN2O3/c1-4-8-9(16)12(3,13)10(18-8)15-6-5-7(2)14-11(15)17/h5-6,8-10,16H,2,4H2,1,3H3,(H,14,17)/t8-,9-,10-,12-/m1/s1. The number of carbonyl (C=O) groups excluding carboxylic acids is 1. The molecule has 0 saturated carbocycles. The van der Waals surface area contributed by atoms with Gasteiger partial charge in [-0.3, -0.25) is 4.90 Å². The van der Waals surface area contributed by atoms with Gasteiger partial charge in [-0.05, 0) is 19.4 Å². The van der Waals surface area contributed by atoms with Crippen molar-refractivity contribution in [2.45, 2.75) is 44.4 Å². The highest BCUT2D eigenvalue weighted by atomic mass is 19.1. The smallest absolute Gasteiger partial charge is 0.328 e. The highest BCUT2D eigenvalue weighted by molar-refractivity contribution is 5.79. The van der Waals surface area contributed by atoms with Crippen molar-refractivity contribution in [3.8, 4) is 0 Å². The number of hydrogen-bond donors (Lipinski definition) is 2. The molecule has 100 valence electrons. The molecule has 0 unspecified atom stereocenters. The van der Waals surface area contributed by atoms with Gasteiger partial charge in [0.1, 0.15) is 6.10 Å². The molecule has 0 aromatic heterocycles. The lowest BCUT2D eigenvalue weighted by molar-refractivity contribution is -0.0638. The molecule has 2 heterocycles. The van der Waals surface area contributed by atoms with Crippen LogP contribution in [0.25, 0.3) is 0 Å². The predicted molar refractivity (Wildman–Crippen MR) is 63.1 cm³/mol. The van der Waals surface area contributed by atoms with Gasteiger partial charge in [0.05, 0.1) is 6.10 Å². The van der Waals surface area contributed by atoms with Gasteiger partial charge in [-0.1, -0.05) is 13.5 Å². The van der Waals surface area contributed by atoms with Crippen LogP contribution in [0.1, 0.15) is 20.3 Å². The van der Waals surface area contributed by atoms with Crippen LogP contribution in [-0.2, 0) is 4.74 Å². The largest absolute Gasteiger partial charge is 0.387 e. The Morgan fingerprint density at radius 1 is 1.72 bits per heavy atom. The summed E-state index contributed by atoms with van der Waals surface area (Å²) in [5.41, 5.74) is -1.58. The van der Waals surface area contributed by atoms with E-state index >= 15 is 0 Å². The topological polar surface area (TPSA) is 61.8 Å². The Bertz CT molecular complexity index is 408. The van der Waals surface area contributed by atoms with E-state index in [2.05, 4.69) is 11.9 Å². The van der Waals surface area contributed by atoms with E-state index in [1.165, 1.54) is 13.1 Å². The van der Waals surface area contributed by atoms with Gasteiger partial charge in [0.25, 0.3) is 0 Å². The quantitative estimate of drug-likeness (QED) is 0.782. The molecule has 6 heteroatoms. The van der Waals surface area contributed by atoms with Gasteiger partial charge in [-0.25, -0.2) is 9.18 Å². The molecule has 0 radical (unpaired) electrons. The minimum Gasteiger partial charge on any atom is -0.387 e. The minimum absolute atomic E-state index is 0.433. The van der Waals surface area contributed by atoms with Gasteiger partial charge in [0, 0.05) is 11.9 Å². The highest BCUT2D eigenvalue weighted by Crippen LogP contribution is 2.38. The van der Waals surface area contributed by atoms with Crippen molar-refractivity contribution in [2.24, 2.45) is 0 Å². The van der Waals surface area contributed by atoms with Crippen molar-refractivity contribution < 1.29 is 19.0 Å². The molecule has 0 aromatic rings. The molecule has 2 aliphatic rings. The van der Waals surface area contributed by atoms with Crippen LogP contribution in [0.2, 0.25) is 0 Å². The van der Waals surface area contributed by atoms with Gasteiger partial charge in [0.15, 0.2) is 11.9 Å². The van der Waals surface area contributed by atoms with Gasteiger partial charge < -0.3 is 15.2 Å². The van der Waals surface area contributed by atoms with Gasteiger partial charge >= 0.3 is 6.03 Å². The third kappa shape index (κ3) is 1.91. The first-order valence-corrected chi connectivity index (χ1v) is 5.86. The van der Waals surface area contributed by atoms with E-state index in [1.54, 1.807) is 13.0 Å². The number of aliphatic hydroxyl groups is 1. The first kappa shape index (κ1) is 13.0. The Labute approximate surface area is 105 Å². The number of aliphatic hydroxyl groups excluding tert-OH is 1. The van der Waals surface area contributed by atoms with Gasteiger partial charge in [-0.15, -0.1) is 0 Å². The van der Waals surface area contributed by atoms with E-state index in [9.17, 15) is 14.3 Å². The Balaban J connectivity index is 2.26. The van der Waals surface area contributed by atoms with Crippen molar-refractivity contribution in [3.63, 3.8) is 0 Å². The summed E-state index contributed by atoms with van der Waals surface area (Å²) in [6.07, 6.45) is 0.432. The summed E-state index contributed by atoms with van der Waals surface area (Å²) in [5.74, 6) is 0. The molecule has 2 amide bonds. The molecule has 2 N–H and O–H groups in total. The number of urea groups is 1. The molecule has 2 aliphatic heterocycles. The van der Waals surface area contributed by atoms with E-state index in [0.717, 1.165) is 4.90 Å². The third-order valence-electron chi connectivity index (χ3n) is 3.31. The maximum Gasteiger partial charge on any atom is 0.328 e. The van der Waals surface area contributed by atoms with Crippen LogP contribution in [0.3, 0.4) is 0 Å². The van der Waals surface area contributed by atoms with Crippen molar-refractivity contribution in [1.29, 1.82) is 0 Å². The number of rotatable bonds is 2. The predicted octanol–water partition coefficient (Wildman–Crippen LogP) is 1.26. The lowest BCUT2D eigenvalue weighted by atomic mass is 9.97. The number of amides is 2. The van der Waals surface area contributed by atoms with E-state index in [0.29, 0.717) is 12.1 Å². The maximum atomic E-state index is 14.5. The molecule has 4 atom stereocenters. The van der Waals surface area contributed by atoms with Crippen LogP contribution < -0.4 is 5.32 Å². The summed E-state index contributed by atoms with van der Waals surface area (Å²) >= 11 is 0. The minimum atomic E-state index is -2.01. The molecule has 0 aromatic carbocycles. The number of ether oxygens (including phenoxy) is 1. The number of alkyl halides is 1. The first-order chi connectivity index (χ1) is 8.37. The average Bonchev–Trinajstić information content (AvgIpc) is 2.52. The summed E-state index contributed by atoms with van der Waals surface area (Å²) in [5, 5.41) is 12.3. The van der Waals surface area contributed by atoms with Gasteiger partial charge in [-0.2, -0.15) is 0 Å². The zero-order chi connectivity index (χ0) is 13.5. The van der Waals surface area contributed by atoms with Gasteiger partial charge in [0.2, 0.25) is 0 Å². The molecule has 18 heavy (non-hydrogen) atoms. The number of carbonyl (C=O) groups is 1. The van der Waals surface area contributed by atoms with Crippen LogP contribution in [-0.4, -0.2) is 40.1 Å². The number of hydrogen-bond acceptors (Lipinski definition) is 3. The zero-order valence-electron chi connectivity index (χ0n) is 10.4. The second-order valence-corrected chi connectivity index (χ2v) is 4.71. The molecule has 2 rings (SSSR count). The number of nitrogens with one attached hydrogen (secondary N) is 1. The maximum absolute atomic E-state index is 14.5. The van der Waals surface area contributed by atoms with E-state index in [4.69, 9.17) is 4.74 Å². The van der Waals surface area contributed by atoms with Crippen molar-refractivity contribution >= 4 is 6.03 Å². The monoisotopic (exact) mass is 256 g/mol. The summed E-state index contributed by atoms with van der Waals surface area (Å²) < 4.78 is 20.0. The molecule has 0 spiro atoms. The van der Waals surface area contributed by atoms with E-state index in [-0.39, 0.29) is 0 Å². The summed E-state index contributed by atoms with van der Waals surface area (Å²) in [7, 11) is 0. The van der Waals surface area contributed by atoms with E-state index in [1.807, 2.05) is 0 Å². The molecular formula is C12H17FN2O3. The summed E-state index contributed by atoms with van der Waals surface area (Å²) in [6, 6.07) is -0.514. The SMILES string of the molecule is C=C1C=CN([C@@H]2O[C@H](CC)[C@@H](O)[C@@]2(C)F)C(=O)N1. The Morgan fingerprint density at radius 3 is 2.89 bits per heavy atom. The lowest BCUT2D eigenvalue weighted by Crippen LogP contribution is -2.53. The second kappa shape index (κ2) is 4.37. The number of nitrogens with zero attached hydrogens (tertiary/aromatic N) is 1. The third-order valence-corrected chi connectivity index (χ3v) is 3.31. The molecule has 1 saturated heterocycles. The fourth-order valence-electron chi connectivity index (χ4n) is 2.21. The lowest BCUT2D eigenvalue weighted by Gasteiger charge is -2.33. The normalized spacial score (nSPS) is 40.2. The summed E-state index contributed by atoms with van der Waals surface area (Å²) in [6.45, 7) is 6.61. The van der Waals surface area contributed by atoms with Crippen LogP contribution in [0, 0.1) is 0 Å². The van der Waals surface area contributed by atoms with Crippen LogP contribution >= 0.6 is 0 Å². The average molecular weight is 256 g/mol. The molecule has 0 aliphatic carbocycles. The fraction of sp³-hybridized carbons (Fsp3) is 0.583. The van der Waals surface area contributed by atoms with Crippen molar-refractivity contribution in [1.82, 2.24) is 10.2 Å². The number of halogens is 1. The first-order valence-electron chi connectivity index (χ1n) is 5.86. The van der Waals surface area contributed by atoms with Crippen LogP contribution in [0.4, 0.5) is 9.18 Å². The van der Waals surface area contributed by atoms with Crippen LogP contribution in [0.5, 0.6) is 0 Å². The highest BCUT2D eigenvalue weighted by Gasteiger charge is 2.56. The molecular weight excluding hydrogens is 239 g/mol. The molecule has 1 fully saturated rings. The van der Waals surface area contributed by atoms with E-state index < -0.39 is 30.1 Å². The van der Waals surface area contributed by atoms with Crippen molar-refractivity contribution in [3.05, 3.63) is 24.6 Å². The summed E-state index contributed by atoms with van der Waals surface area (Å²) in [4.78, 5) is 12.9. The molecule has 0 bridgehead atoms. The second-order valence-electron chi connectivity index (χ2n) is 4.71. The number of allylic oxidation sites excluding steroid dienone is 1. The van der Waals surface area contributed by atoms with Crippen LogP contribution in [0.15, 0.2) is 24.6 Å². The fourth-order valence-corrected chi connectivity index (χ4v) is 2.21. The Hall–Kier alpha value is -1.40. The van der Waals surface area contributed by atoms with Crippen molar-refractivity contribution in [2.75, 3.05) is 0 Å². The Kier molecular flexibility index (Phi) is 3.16.